The van der Waals surface area contributed by atoms with Crippen LogP contribution in [-0.2, 0) is 6.42 Å². The Morgan fingerprint density at radius 2 is 2.04 bits per heavy atom. The van der Waals surface area contributed by atoms with Crippen LogP contribution >= 0.6 is 0 Å². The molecule has 3 aromatic rings. The zero-order valence-electron chi connectivity index (χ0n) is 14.5. The van der Waals surface area contributed by atoms with Gasteiger partial charge >= 0.3 is 0 Å². The second kappa shape index (κ2) is 8.03. The lowest BCUT2D eigenvalue weighted by Gasteiger charge is -2.09. The highest BCUT2D eigenvalue weighted by Gasteiger charge is 2.14. The summed E-state index contributed by atoms with van der Waals surface area (Å²) in [6.45, 7) is 0.575. The number of hydrogen-bond acceptors (Lipinski definition) is 7. The predicted molar refractivity (Wildman–Crippen MR) is 96.2 cm³/mol. The fraction of sp³-hybridized carbons (Fsp3) is 0.211. The maximum absolute atomic E-state index is 9.26. The zero-order chi connectivity index (χ0) is 18.4. The van der Waals surface area contributed by atoms with Crippen molar-refractivity contribution in [1.82, 2.24) is 9.97 Å². The maximum Gasteiger partial charge on any atom is 0.232 e. The minimum atomic E-state index is 0.219. The summed E-state index contributed by atoms with van der Waals surface area (Å²) in [5.74, 6) is 2.09. The molecule has 0 atom stereocenters. The van der Waals surface area contributed by atoms with E-state index in [0.29, 0.717) is 36.2 Å². The zero-order valence-corrected chi connectivity index (χ0v) is 14.5. The molecule has 2 aromatic heterocycles. The molecule has 0 fully saturated rings. The van der Waals surface area contributed by atoms with Gasteiger partial charge in [-0.05, 0) is 36.2 Å². The van der Waals surface area contributed by atoms with Gasteiger partial charge in [-0.1, -0.05) is 6.07 Å². The molecule has 2 heterocycles. The molecule has 26 heavy (non-hydrogen) atoms. The topological polar surface area (TPSA) is 93.2 Å². The van der Waals surface area contributed by atoms with Crippen molar-refractivity contribution in [3.63, 3.8) is 0 Å². The van der Waals surface area contributed by atoms with Gasteiger partial charge in [0.1, 0.15) is 6.07 Å². The lowest BCUT2D eigenvalue weighted by atomic mass is 10.1. The van der Waals surface area contributed by atoms with Gasteiger partial charge in [-0.15, -0.1) is 0 Å². The van der Waals surface area contributed by atoms with Crippen LogP contribution < -0.4 is 14.8 Å². The van der Waals surface area contributed by atoms with E-state index in [4.69, 9.17) is 13.9 Å². The number of pyridine rings is 1. The van der Waals surface area contributed by atoms with Gasteiger partial charge in [0.25, 0.3) is 0 Å². The first-order chi connectivity index (χ1) is 12.7. The summed E-state index contributed by atoms with van der Waals surface area (Å²) in [4.78, 5) is 8.24. The normalized spacial score (nSPS) is 10.2. The maximum atomic E-state index is 9.26. The van der Waals surface area contributed by atoms with Crippen molar-refractivity contribution in [3.8, 4) is 29.0 Å². The van der Waals surface area contributed by atoms with Crippen LogP contribution in [0.3, 0.4) is 0 Å². The molecule has 3 rings (SSSR count). The Hall–Kier alpha value is -3.53. The predicted octanol–water partition coefficient (Wildman–Crippen LogP) is 3.28. The van der Waals surface area contributed by atoms with Crippen molar-refractivity contribution < 1.29 is 13.9 Å². The van der Waals surface area contributed by atoms with Crippen molar-refractivity contribution in [2.45, 2.75) is 6.42 Å². The van der Waals surface area contributed by atoms with Crippen LogP contribution in [0.15, 0.2) is 47.1 Å². The summed E-state index contributed by atoms with van der Waals surface area (Å²) >= 11 is 0. The van der Waals surface area contributed by atoms with E-state index in [1.165, 1.54) is 0 Å². The lowest BCUT2D eigenvalue weighted by molar-refractivity contribution is 0.354. The van der Waals surface area contributed by atoms with Crippen molar-refractivity contribution >= 4 is 5.88 Å². The molecular formula is C19H18N4O3. The Kier molecular flexibility index (Phi) is 5.34. The number of ether oxygens (including phenoxy) is 2. The van der Waals surface area contributed by atoms with E-state index in [0.717, 1.165) is 11.1 Å². The van der Waals surface area contributed by atoms with Crippen LogP contribution in [0.1, 0.15) is 11.3 Å². The molecule has 0 unspecified atom stereocenters. The largest absolute Gasteiger partial charge is 0.493 e. The highest BCUT2D eigenvalue weighted by molar-refractivity contribution is 5.57. The molecule has 1 aromatic carbocycles. The number of aromatic nitrogens is 2. The molecule has 0 aliphatic heterocycles. The summed E-state index contributed by atoms with van der Waals surface area (Å²) in [5.41, 5.74) is 2.01. The van der Waals surface area contributed by atoms with E-state index >= 15 is 0 Å². The number of nitrogens with zero attached hydrogens (tertiary/aromatic N) is 3. The molecule has 7 nitrogen and oxygen atoms in total. The third-order valence-corrected chi connectivity index (χ3v) is 3.79. The number of rotatable bonds is 7. The fourth-order valence-electron chi connectivity index (χ4n) is 2.48. The van der Waals surface area contributed by atoms with Crippen LogP contribution in [0.2, 0.25) is 0 Å². The lowest BCUT2D eigenvalue weighted by Crippen LogP contribution is -2.05. The molecule has 0 spiro atoms. The van der Waals surface area contributed by atoms with Crippen LogP contribution in [0, 0.1) is 11.3 Å². The Morgan fingerprint density at radius 1 is 1.19 bits per heavy atom. The van der Waals surface area contributed by atoms with Crippen LogP contribution in [-0.4, -0.2) is 30.7 Å². The quantitative estimate of drug-likeness (QED) is 0.699. The van der Waals surface area contributed by atoms with Gasteiger partial charge in [-0.2, -0.15) is 10.2 Å². The molecule has 0 amide bonds. The molecule has 0 aliphatic rings. The van der Waals surface area contributed by atoms with Crippen LogP contribution in [0.4, 0.5) is 5.88 Å². The molecule has 0 saturated carbocycles. The first kappa shape index (κ1) is 17.3. The summed E-state index contributed by atoms with van der Waals surface area (Å²) in [5, 5.41) is 12.4. The third kappa shape index (κ3) is 3.75. The Labute approximate surface area is 151 Å². The average Bonchev–Trinajstić information content (AvgIpc) is 3.11. The second-order valence-corrected chi connectivity index (χ2v) is 5.42. The Balaban J connectivity index is 1.69. The van der Waals surface area contributed by atoms with E-state index in [-0.39, 0.29) is 5.69 Å². The first-order valence-corrected chi connectivity index (χ1v) is 8.01. The van der Waals surface area contributed by atoms with Crippen LogP contribution in [0.5, 0.6) is 11.5 Å². The summed E-state index contributed by atoms with van der Waals surface area (Å²) in [7, 11) is 3.21. The highest BCUT2D eigenvalue weighted by atomic mass is 16.5. The minimum absolute atomic E-state index is 0.219. The van der Waals surface area contributed by atoms with Crippen molar-refractivity contribution in [2.24, 2.45) is 0 Å². The van der Waals surface area contributed by atoms with E-state index in [1.807, 2.05) is 30.3 Å². The number of nitrogens with one attached hydrogen (secondary N) is 1. The molecule has 0 bridgehead atoms. The first-order valence-electron chi connectivity index (χ1n) is 8.01. The molecule has 132 valence electrons. The minimum Gasteiger partial charge on any atom is -0.493 e. The van der Waals surface area contributed by atoms with Gasteiger partial charge in [0, 0.05) is 18.9 Å². The molecule has 0 saturated heterocycles. The van der Waals surface area contributed by atoms with Crippen molar-refractivity contribution in [3.05, 3.63) is 54.0 Å². The van der Waals surface area contributed by atoms with Gasteiger partial charge in [-0.25, -0.2) is 0 Å². The van der Waals surface area contributed by atoms with Gasteiger partial charge in [0.2, 0.25) is 17.5 Å². The number of benzene rings is 1. The summed E-state index contributed by atoms with van der Waals surface area (Å²) < 4.78 is 16.2. The van der Waals surface area contributed by atoms with E-state index in [9.17, 15) is 5.26 Å². The van der Waals surface area contributed by atoms with Gasteiger partial charge < -0.3 is 19.2 Å². The van der Waals surface area contributed by atoms with Gasteiger partial charge in [0.05, 0.1) is 19.8 Å². The van der Waals surface area contributed by atoms with E-state index in [1.54, 1.807) is 32.7 Å². The smallest absolute Gasteiger partial charge is 0.232 e. The fourth-order valence-corrected chi connectivity index (χ4v) is 2.48. The number of methoxy groups -OCH3 is 2. The van der Waals surface area contributed by atoms with Gasteiger partial charge in [0.15, 0.2) is 11.5 Å². The van der Waals surface area contributed by atoms with Crippen molar-refractivity contribution in [2.75, 3.05) is 26.1 Å². The second-order valence-electron chi connectivity index (χ2n) is 5.42. The summed E-state index contributed by atoms with van der Waals surface area (Å²) in [6.07, 6.45) is 4.02. The molecular weight excluding hydrogens is 332 g/mol. The number of hydrogen-bond donors (Lipinski definition) is 1. The highest BCUT2D eigenvalue weighted by Crippen LogP contribution is 2.28. The molecule has 0 aliphatic carbocycles. The van der Waals surface area contributed by atoms with E-state index < -0.39 is 0 Å². The van der Waals surface area contributed by atoms with E-state index in [2.05, 4.69) is 15.3 Å². The Bertz CT molecular complexity index is 916. The molecule has 0 radical (unpaired) electrons. The SMILES string of the molecule is COc1ccc(CCNc2oc(-c3cccnc3)nc2C#N)cc1OC. The van der Waals surface area contributed by atoms with Crippen molar-refractivity contribution in [1.29, 1.82) is 5.26 Å². The third-order valence-electron chi connectivity index (χ3n) is 3.79. The van der Waals surface area contributed by atoms with Crippen LogP contribution in [0.25, 0.3) is 11.5 Å². The number of nitriles is 1. The molecule has 1 N–H and O–H groups in total. The standard InChI is InChI=1S/C19H18N4O3/c1-24-16-6-5-13(10-17(16)25-2)7-9-22-19-15(11-20)23-18(26-19)14-4-3-8-21-12-14/h3-6,8,10,12,22H,7,9H2,1-2H3. The molecule has 7 heteroatoms. The monoisotopic (exact) mass is 350 g/mol. The Morgan fingerprint density at radius 3 is 2.73 bits per heavy atom. The number of anilines is 1. The summed E-state index contributed by atoms with van der Waals surface area (Å²) in [6, 6.07) is 11.4. The average molecular weight is 350 g/mol. The number of oxazole rings is 1. The van der Waals surface area contributed by atoms with Gasteiger partial charge in [-0.3, -0.25) is 4.98 Å².